The van der Waals surface area contributed by atoms with Crippen LogP contribution in [-0.2, 0) is 16.8 Å². The highest BCUT2D eigenvalue weighted by molar-refractivity contribution is 6.09. The Morgan fingerprint density at radius 3 is 2.79 bits per heavy atom. The van der Waals surface area contributed by atoms with Crippen LogP contribution >= 0.6 is 0 Å². The van der Waals surface area contributed by atoms with E-state index in [1.165, 1.54) is 5.56 Å². The van der Waals surface area contributed by atoms with Gasteiger partial charge in [0.15, 0.2) is 0 Å². The fourth-order valence-corrected chi connectivity index (χ4v) is 5.10. The molecule has 0 radical (unpaired) electrons. The molecule has 4 aromatic rings. The first-order chi connectivity index (χ1) is 16.0. The molecule has 2 N–H and O–H groups in total. The van der Waals surface area contributed by atoms with Crippen LogP contribution in [0.2, 0.25) is 0 Å². The van der Waals surface area contributed by atoms with Gasteiger partial charge in [-0.15, -0.1) is 0 Å². The Hall–Kier alpha value is -3.77. The molecule has 1 amide bonds. The molecule has 6 rings (SSSR count). The summed E-state index contributed by atoms with van der Waals surface area (Å²) in [5.74, 6) is 0.927. The molecule has 1 aliphatic carbocycles. The van der Waals surface area contributed by atoms with Gasteiger partial charge in [-0.05, 0) is 55.4 Å². The van der Waals surface area contributed by atoms with E-state index in [4.69, 9.17) is 0 Å². The van der Waals surface area contributed by atoms with Crippen molar-refractivity contribution >= 4 is 34.8 Å². The molecular formula is C27H25N5O. The summed E-state index contributed by atoms with van der Waals surface area (Å²) in [4.78, 5) is 19.3. The summed E-state index contributed by atoms with van der Waals surface area (Å²) >= 11 is 0. The van der Waals surface area contributed by atoms with Crippen LogP contribution in [0.4, 0.5) is 5.82 Å². The molecule has 2 atom stereocenters. The van der Waals surface area contributed by atoms with E-state index in [2.05, 4.69) is 88.0 Å². The third-order valence-corrected chi connectivity index (χ3v) is 6.82. The number of carbonyl (C=O) groups excluding carboxylic acids is 1. The van der Waals surface area contributed by atoms with Gasteiger partial charge < -0.3 is 10.2 Å². The minimum atomic E-state index is -0.473. The van der Waals surface area contributed by atoms with Crippen LogP contribution in [0, 0.1) is 0 Å². The summed E-state index contributed by atoms with van der Waals surface area (Å²) in [5, 5.41) is 11.7. The molecule has 2 unspecified atom stereocenters. The molecule has 6 heteroatoms. The molecule has 1 aliphatic heterocycles. The number of pyridine rings is 1. The average Bonchev–Trinajstić information content (AvgIpc) is 3.35. The molecule has 2 aromatic carbocycles. The number of carbonyl (C=O) groups is 1. The Labute approximate surface area is 192 Å². The van der Waals surface area contributed by atoms with E-state index >= 15 is 0 Å². The lowest BCUT2D eigenvalue weighted by Crippen LogP contribution is -2.20. The zero-order valence-corrected chi connectivity index (χ0v) is 18.7. The number of H-pyrrole nitrogens is 1. The Kier molecular flexibility index (Phi) is 4.45. The van der Waals surface area contributed by atoms with E-state index in [0.29, 0.717) is 5.82 Å². The minimum absolute atomic E-state index is 0.0612. The average molecular weight is 436 g/mol. The van der Waals surface area contributed by atoms with Crippen LogP contribution in [0.1, 0.15) is 40.3 Å². The molecule has 1 fully saturated rings. The van der Waals surface area contributed by atoms with Gasteiger partial charge in [-0.3, -0.25) is 9.89 Å². The van der Waals surface area contributed by atoms with Gasteiger partial charge >= 0.3 is 0 Å². The predicted octanol–water partition coefficient (Wildman–Crippen LogP) is 4.57. The van der Waals surface area contributed by atoms with Gasteiger partial charge in [0.2, 0.25) is 5.91 Å². The normalized spacial score (nSPS) is 21.3. The van der Waals surface area contributed by atoms with E-state index in [-0.39, 0.29) is 11.8 Å². The third kappa shape index (κ3) is 3.26. The summed E-state index contributed by atoms with van der Waals surface area (Å²) in [7, 11) is 4.15. The number of aromatic amines is 1. The molecule has 2 aliphatic rings. The SMILES string of the molecule is CN(C)Cc1ccc(/C=C/c2n[nH]c3cc(C4CC45C(=O)Nc4ncccc45)ccc23)cc1. The van der Waals surface area contributed by atoms with Crippen molar-refractivity contribution in [2.75, 3.05) is 19.4 Å². The second-order valence-corrected chi connectivity index (χ2v) is 9.31. The lowest BCUT2D eigenvalue weighted by atomic mass is 9.93. The highest BCUT2D eigenvalue weighted by atomic mass is 16.2. The molecular weight excluding hydrogens is 410 g/mol. The summed E-state index contributed by atoms with van der Waals surface area (Å²) in [6.45, 7) is 0.933. The van der Waals surface area contributed by atoms with Gasteiger partial charge in [0.25, 0.3) is 0 Å². The summed E-state index contributed by atoms with van der Waals surface area (Å²) < 4.78 is 0. The lowest BCUT2D eigenvalue weighted by molar-refractivity contribution is -0.118. The lowest BCUT2D eigenvalue weighted by Gasteiger charge is -2.09. The van der Waals surface area contributed by atoms with Crippen molar-refractivity contribution in [3.05, 3.63) is 88.7 Å². The minimum Gasteiger partial charge on any atom is -0.310 e. The van der Waals surface area contributed by atoms with E-state index < -0.39 is 5.41 Å². The largest absolute Gasteiger partial charge is 0.310 e. The number of nitrogens with zero attached hydrogens (tertiary/aromatic N) is 3. The molecule has 1 spiro atoms. The second kappa shape index (κ2) is 7.39. The van der Waals surface area contributed by atoms with Gasteiger partial charge in [0, 0.05) is 29.6 Å². The van der Waals surface area contributed by atoms with Gasteiger partial charge in [-0.25, -0.2) is 4.98 Å². The van der Waals surface area contributed by atoms with E-state index in [1.54, 1.807) is 6.20 Å². The number of hydrogen-bond donors (Lipinski definition) is 2. The van der Waals surface area contributed by atoms with Crippen LogP contribution in [0.3, 0.4) is 0 Å². The van der Waals surface area contributed by atoms with Crippen LogP contribution in [0.5, 0.6) is 0 Å². The third-order valence-electron chi connectivity index (χ3n) is 6.82. The smallest absolute Gasteiger partial charge is 0.236 e. The molecule has 164 valence electrons. The number of hydrogen-bond acceptors (Lipinski definition) is 4. The van der Waals surface area contributed by atoms with Crippen molar-refractivity contribution in [2.24, 2.45) is 0 Å². The second-order valence-electron chi connectivity index (χ2n) is 9.31. The maximum Gasteiger partial charge on any atom is 0.236 e. The standard InChI is InChI=1S/C27H25N5O/c1-32(2)16-18-7-5-17(6-8-18)9-12-23-20-11-10-19(14-24(20)31-30-23)22-15-27(22)21-4-3-13-28-25(21)29-26(27)33/h3-14,22H,15-16H2,1-2H3,(H,30,31)(H,28,29,33)/b12-9+. The quantitative estimate of drug-likeness (QED) is 0.482. The first-order valence-electron chi connectivity index (χ1n) is 11.2. The Morgan fingerprint density at radius 1 is 1.12 bits per heavy atom. The topological polar surface area (TPSA) is 73.9 Å². The zero-order valence-electron chi connectivity index (χ0n) is 18.7. The fourth-order valence-electron chi connectivity index (χ4n) is 5.10. The van der Waals surface area contributed by atoms with Crippen molar-refractivity contribution in [2.45, 2.75) is 24.3 Å². The van der Waals surface area contributed by atoms with Crippen LogP contribution in [0.15, 0.2) is 60.8 Å². The molecule has 6 nitrogen and oxygen atoms in total. The summed E-state index contributed by atoms with van der Waals surface area (Å²) in [6.07, 6.45) is 6.67. The van der Waals surface area contributed by atoms with E-state index in [1.807, 2.05) is 18.2 Å². The Bertz CT molecular complexity index is 1400. The van der Waals surface area contributed by atoms with Crippen LogP contribution < -0.4 is 5.32 Å². The van der Waals surface area contributed by atoms with Crippen LogP contribution in [-0.4, -0.2) is 40.1 Å². The number of amides is 1. The predicted molar refractivity (Wildman–Crippen MR) is 131 cm³/mol. The van der Waals surface area contributed by atoms with Crippen molar-refractivity contribution < 1.29 is 4.79 Å². The Morgan fingerprint density at radius 2 is 1.97 bits per heavy atom. The number of rotatable bonds is 5. The number of benzene rings is 2. The maximum absolute atomic E-state index is 12.8. The highest BCUT2D eigenvalue weighted by Gasteiger charge is 2.65. The molecule has 33 heavy (non-hydrogen) atoms. The number of nitrogens with one attached hydrogen (secondary N) is 2. The monoisotopic (exact) mass is 435 g/mol. The van der Waals surface area contributed by atoms with Crippen molar-refractivity contribution in [3.63, 3.8) is 0 Å². The summed E-state index contributed by atoms with van der Waals surface area (Å²) in [6, 6.07) is 18.9. The molecule has 0 saturated heterocycles. The van der Waals surface area contributed by atoms with Gasteiger partial charge in [0.1, 0.15) is 5.82 Å². The van der Waals surface area contributed by atoms with Gasteiger partial charge in [0.05, 0.1) is 16.6 Å². The number of aromatic nitrogens is 3. The molecule has 0 bridgehead atoms. The fraction of sp³-hybridized carbons (Fsp3) is 0.222. The number of anilines is 1. The zero-order chi connectivity index (χ0) is 22.6. The highest BCUT2D eigenvalue weighted by Crippen LogP contribution is 2.64. The van der Waals surface area contributed by atoms with Crippen molar-refractivity contribution in [3.8, 4) is 0 Å². The van der Waals surface area contributed by atoms with Gasteiger partial charge in [-0.1, -0.05) is 48.5 Å². The van der Waals surface area contributed by atoms with E-state index in [9.17, 15) is 4.79 Å². The maximum atomic E-state index is 12.8. The molecule has 1 saturated carbocycles. The van der Waals surface area contributed by atoms with E-state index in [0.717, 1.165) is 46.3 Å². The van der Waals surface area contributed by atoms with Crippen LogP contribution in [0.25, 0.3) is 23.1 Å². The summed E-state index contributed by atoms with van der Waals surface area (Å²) in [5.41, 5.74) is 6.04. The van der Waals surface area contributed by atoms with Crippen molar-refractivity contribution in [1.29, 1.82) is 0 Å². The molecule has 3 heterocycles. The first kappa shape index (κ1) is 19.9. The number of fused-ring (bicyclic) bond motifs is 3. The van der Waals surface area contributed by atoms with Gasteiger partial charge in [-0.2, -0.15) is 5.10 Å². The molecule has 2 aromatic heterocycles. The van der Waals surface area contributed by atoms with Crippen molar-refractivity contribution in [1.82, 2.24) is 20.1 Å². The Balaban J connectivity index is 1.24. The first-order valence-corrected chi connectivity index (χ1v) is 11.2.